The smallest absolute Gasteiger partial charge is 0.266 e. The molecule has 0 unspecified atom stereocenters. The molecule has 2 rings (SSSR count). The highest BCUT2D eigenvalue weighted by molar-refractivity contribution is 7.12. The first-order valence-corrected chi connectivity index (χ1v) is 8.42. The molecule has 0 aliphatic rings. The quantitative estimate of drug-likeness (QED) is 0.611. The molecule has 0 bridgehead atoms. The van der Waals surface area contributed by atoms with Crippen molar-refractivity contribution in [3.8, 4) is 23.8 Å². The maximum atomic E-state index is 12.3. The van der Waals surface area contributed by atoms with Crippen molar-refractivity contribution < 1.29 is 19.1 Å². The molecule has 1 aromatic carbocycles. The summed E-state index contributed by atoms with van der Waals surface area (Å²) in [4.78, 5) is 24.9. The molecule has 1 N–H and O–H groups in total. The van der Waals surface area contributed by atoms with Crippen LogP contribution in [0.4, 0.5) is 0 Å². The van der Waals surface area contributed by atoms with Gasteiger partial charge in [-0.1, -0.05) is 5.92 Å². The first kappa shape index (κ1) is 18.6. The molecule has 0 saturated heterocycles. The minimum Gasteiger partial charge on any atom is -0.497 e. The standard InChI is InChI=1S/C19H19NO4S/c1-5-19(2,3)20-18(22)17-16(10-11-25-17)24-12-15(21)13-6-8-14(23-4)9-7-13/h1,6-11H,12H2,2-4H3,(H,20,22). The van der Waals surface area contributed by atoms with E-state index in [1.807, 2.05) is 0 Å². The third kappa shape index (κ3) is 4.85. The van der Waals surface area contributed by atoms with Crippen molar-refractivity contribution in [2.45, 2.75) is 19.4 Å². The van der Waals surface area contributed by atoms with E-state index < -0.39 is 5.54 Å². The van der Waals surface area contributed by atoms with Crippen LogP contribution in [-0.4, -0.2) is 30.9 Å². The first-order chi connectivity index (χ1) is 11.9. The number of rotatable bonds is 7. The highest BCUT2D eigenvalue weighted by Crippen LogP contribution is 2.25. The van der Waals surface area contributed by atoms with Gasteiger partial charge in [0.15, 0.2) is 12.4 Å². The van der Waals surface area contributed by atoms with Crippen molar-refractivity contribution >= 4 is 23.0 Å². The lowest BCUT2D eigenvalue weighted by molar-refractivity contribution is 0.0898. The summed E-state index contributed by atoms with van der Waals surface area (Å²) in [6.45, 7) is 3.29. The van der Waals surface area contributed by atoms with Gasteiger partial charge in [0.1, 0.15) is 16.4 Å². The molecule has 0 saturated carbocycles. The van der Waals surface area contributed by atoms with Gasteiger partial charge >= 0.3 is 0 Å². The Bertz CT molecular complexity index is 800. The molecule has 1 aromatic heterocycles. The fourth-order valence-electron chi connectivity index (χ4n) is 1.96. The molecule has 25 heavy (non-hydrogen) atoms. The lowest BCUT2D eigenvalue weighted by Crippen LogP contribution is -2.41. The minimum atomic E-state index is -0.767. The number of ether oxygens (including phenoxy) is 2. The number of ketones is 1. The maximum Gasteiger partial charge on any atom is 0.266 e. The zero-order chi connectivity index (χ0) is 18.4. The van der Waals surface area contributed by atoms with Gasteiger partial charge in [-0.05, 0) is 49.6 Å². The maximum absolute atomic E-state index is 12.3. The molecule has 6 heteroatoms. The molecule has 5 nitrogen and oxygen atoms in total. The summed E-state index contributed by atoms with van der Waals surface area (Å²) in [7, 11) is 1.56. The van der Waals surface area contributed by atoms with E-state index in [9.17, 15) is 9.59 Å². The molecule has 0 spiro atoms. The van der Waals surface area contributed by atoms with E-state index in [0.717, 1.165) is 0 Å². The average molecular weight is 357 g/mol. The van der Waals surface area contributed by atoms with Crippen LogP contribution < -0.4 is 14.8 Å². The van der Waals surface area contributed by atoms with Gasteiger partial charge in [0.05, 0.1) is 12.6 Å². The topological polar surface area (TPSA) is 64.6 Å². The highest BCUT2D eigenvalue weighted by atomic mass is 32.1. The second kappa shape index (κ2) is 7.86. The SMILES string of the molecule is C#CC(C)(C)NC(=O)c1sccc1OCC(=O)c1ccc(OC)cc1. The number of terminal acetylenes is 1. The van der Waals surface area contributed by atoms with Crippen molar-refractivity contribution in [2.75, 3.05) is 13.7 Å². The molecular formula is C19H19NO4S. The van der Waals surface area contributed by atoms with Crippen molar-refractivity contribution in [3.05, 3.63) is 46.2 Å². The molecule has 1 amide bonds. The van der Waals surface area contributed by atoms with Crippen LogP contribution in [0.3, 0.4) is 0 Å². The van der Waals surface area contributed by atoms with E-state index in [2.05, 4.69) is 11.2 Å². The second-order valence-electron chi connectivity index (χ2n) is 5.78. The Kier molecular flexibility index (Phi) is 5.84. The van der Waals surface area contributed by atoms with Crippen LogP contribution >= 0.6 is 11.3 Å². The lowest BCUT2D eigenvalue weighted by Gasteiger charge is -2.19. The van der Waals surface area contributed by atoms with E-state index in [4.69, 9.17) is 15.9 Å². The van der Waals surface area contributed by atoms with Gasteiger partial charge in [-0.25, -0.2) is 0 Å². The second-order valence-corrected chi connectivity index (χ2v) is 6.69. The van der Waals surface area contributed by atoms with Crippen LogP contribution in [-0.2, 0) is 0 Å². The molecule has 0 aliphatic carbocycles. The number of nitrogens with one attached hydrogen (secondary N) is 1. The van der Waals surface area contributed by atoms with Crippen molar-refractivity contribution in [3.63, 3.8) is 0 Å². The number of carbonyl (C=O) groups excluding carboxylic acids is 2. The Morgan fingerprint density at radius 1 is 1.24 bits per heavy atom. The number of Topliss-reactive ketones (excluding diaryl/α,β-unsaturated/α-hetero) is 1. The molecular weight excluding hydrogens is 338 g/mol. The fraction of sp³-hybridized carbons (Fsp3) is 0.263. The summed E-state index contributed by atoms with van der Waals surface area (Å²) in [6, 6.07) is 8.41. The summed E-state index contributed by atoms with van der Waals surface area (Å²) in [6.07, 6.45) is 5.38. The van der Waals surface area contributed by atoms with Gasteiger partial charge in [0.2, 0.25) is 0 Å². The van der Waals surface area contributed by atoms with E-state index in [-0.39, 0.29) is 18.3 Å². The third-order valence-electron chi connectivity index (χ3n) is 3.39. The van der Waals surface area contributed by atoms with Crippen LogP contribution in [0.1, 0.15) is 33.9 Å². The minimum absolute atomic E-state index is 0.165. The number of methoxy groups -OCH3 is 1. The monoisotopic (exact) mass is 357 g/mol. The van der Waals surface area contributed by atoms with Crippen molar-refractivity contribution in [1.29, 1.82) is 0 Å². The number of hydrogen-bond donors (Lipinski definition) is 1. The van der Waals surface area contributed by atoms with E-state index in [0.29, 0.717) is 21.9 Å². The Balaban J connectivity index is 2.02. The fourth-order valence-corrected chi connectivity index (χ4v) is 2.69. The predicted molar refractivity (Wildman–Crippen MR) is 97.5 cm³/mol. The van der Waals surface area contributed by atoms with Crippen LogP contribution in [0.2, 0.25) is 0 Å². The molecule has 0 fully saturated rings. The summed E-state index contributed by atoms with van der Waals surface area (Å²) >= 11 is 1.23. The normalized spacial score (nSPS) is 10.6. The summed E-state index contributed by atoms with van der Waals surface area (Å²) in [5.41, 5.74) is -0.257. The molecule has 0 aliphatic heterocycles. The highest BCUT2D eigenvalue weighted by Gasteiger charge is 2.22. The number of carbonyl (C=O) groups is 2. The van der Waals surface area contributed by atoms with E-state index in [1.165, 1.54) is 11.3 Å². The van der Waals surface area contributed by atoms with Crippen LogP contribution in [0, 0.1) is 12.3 Å². The summed E-state index contributed by atoms with van der Waals surface area (Å²) in [5.74, 6) is 3.01. The van der Waals surface area contributed by atoms with Crippen LogP contribution in [0.25, 0.3) is 0 Å². The third-order valence-corrected chi connectivity index (χ3v) is 4.29. The summed E-state index contributed by atoms with van der Waals surface area (Å²) in [5, 5.41) is 4.46. The van der Waals surface area contributed by atoms with E-state index in [1.54, 1.807) is 56.7 Å². The van der Waals surface area contributed by atoms with Crippen molar-refractivity contribution in [2.24, 2.45) is 0 Å². The van der Waals surface area contributed by atoms with Crippen molar-refractivity contribution in [1.82, 2.24) is 5.32 Å². The van der Waals surface area contributed by atoms with Crippen LogP contribution in [0.5, 0.6) is 11.5 Å². The first-order valence-electron chi connectivity index (χ1n) is 7.54. The number of hydrogen-bond acceptors (Lipinski definition) is 5. The summed E-state index contributed by atoms with van der Waals surface area (Å²) < 4.78 is 10.6. The molecule has 0 radical (unpaired) electrons. The Morgan fingerprint density at radius 3 is 2.52 bits per heavy atom. The molecule has 2 aromatic rings. The van der Waals surface area contributed by atoms with Gasteiger partial charge in [-0.15, -0.1) is 17.8 Å². The molecule has 1 heterocycles. The number of amides is 1. The largest absolute Gasteiger partial charge is 0.497 e. The zero-order valence-corrected chi connectivity index (χ0v) is 15.1. The predicted octanol–water partition coefficient (Wildman–Crippen LogP) is 3.16. The van der Waals surface area contributed by atoms with Gasteiger partial charge in [0, 0.05) is 5.56 Å². The van der Waals surface area contributed by atoms with Gasteiger partial charge in [-0.3, -0.25) is 9.59 Å². The lowest BCUT2D eigenvalue weighted by atomic mass is 10.1. The van der Waals surface area contributed by atoms with Gasteiger partial charge in [-0.2, -0.15) is 0 Å². The van der Waals surface area contributed by atoms with E-state index >= 15 is 0 Å². The Labute approximate surface area is 151 Å². The molecule has 130 valence electrons. The van der Waals surface area contributed by atoms with Gasteiger partial charge in [0.25, 0.3) is 5.91 Å². The Morgan fingerprint density at radius 2 is 1.92 bits per heavy atom. The van der Waals surface area contributed by atoms with Crippen LogP contribution in [0.15, 0.2) is 35.7 Å². The van der Waals surface area contributed by atoms with Gasteiger partial charge < -0.3 is 14.8 Å². The number of benzene rings is 1. The zero-order valence-electron chi connectivity index (χ0n) is 14.3. The Hall–Kier alpha value is -2.78. The average Bonchev–Trinajstić information content (AvgIpc) is 3.08. The number of thiophene rings is 1. The molecule has 0 atom stereocenters.